The largest absolute Gasteiger partial charge is 0.456 e. The first kappa shape index (κ1) is 14.0. The van der Waals surface area contributed by atoms with Crippen molar-refractivity contribution in [1.82, 2.24) is 0 Å². The van der Waals surface area contributed by atoms with E-state index < -0.39 is 4.92 Å². The van der Waals surface area contributed by atoms with E-state index in [0.717, 1.165) is 11.8 Å². The van der Waals surface area contributed by atoms with Gasteiger partial charge in [-0.1, -0.05) is 11.6 Å². The summed E-state index contributed by atoms with van der Waals surface area (Å²) in [4.78, 5) is 20.9. The molecule has 0 amide bonds. The van der Waals surface area contributed by atoms with Crippen molar-refractivity contribution in [2.45, 2.75) is 6.92 Å². The zero-order valence-electron chi connectivity index (χ0n) is 10.5. The smallest absolute Gasteiger partial charge is 0.273 e. The van der Waals surface area contributed by atoms with Crippen LogP contribution in [0.2, 0.25) is 5.02 Å². The molecule has 0 fully saturated rings. The Morgan fingerprint density at radius 2 is 2.00 bits per heavy atom. The molecule has 0 aliphatic rings. The molecule has 102 valence electrons. The Morgan fingerprint density at radius 3 is 2.60 bits per heavy atom. The van der Waals surface area contributed by atoms with E-state index in [2.05, 4.69) is 0 Å². The number of hydrogen-bond acceptors (Lipinski definition) is 4. The molecule has 0 aliphatic carbocycles. The Kier molecular flexibility index (Phi) is 4.00. The SMILES string of the molecule is Cc1cc(Oc2cc([N+](=O)[O-])ccc2Cl)ccc1C=O. The second kappa shape index (κ2) is 5.71. The van der Waals surface area contributed by atoms with Gasteiger partial charge in [0.15, 0.2) is 5.75 Å². The van der Waals surface area contributed by atoms with Crippen molar-refractivity contribution in [3.63, 3.8) is 0 Å². The monoisotopic (exact) mass is 291 g/mol. The van der Waals surface area contributed by atoms with Gasteiger partial charge in [-0.3, -0.25) is 14.9 Å². The van der Waals surface area contributed by atoms with Gasteiger partial charge in [-0.05, 0) is 36.8 Å². The third-order valence-corrected chi connectivity index (χ3v) is 3.03. The fourth-order valence-corrected chi connectivity index (χ4v) is 1.81. The summed E-state index contributed by atoms with van der Waals surface area (Å²) in [7, 11) is 0. The van der Waals surface area contributed by atoms with E-state index in [9.17, 15) is 14.9 Å². The van der Waals surface area contributed by atoms with Crippen LogP contribution < -0.4 is 4.74 Å². The number of aryl methyl sites for hydroxylation is 1. The highest BCUT2D eigenvalue weighted by Crippen LogP contribution is 2.33. The summed E-state index contributed by atoms with van der Waals surface area (Å²) in [6.07, 6.45) is 0.749. The Labute approximate surface area is 119 Å². The fraction of sp³-hybridized carbons (Fsp3) is 0.0714. The minimum absolute atomic E-state index is 0.106. The van der Waals surface area contributed by atoms with Crippen molar-refractivity contribution in [3.8, 4) is 11.5 Å². The molecular weight excluding hydrogens is 282 g/mol. The van der Waals surface area contributed by atoms with Crippen LogP contribution in [0.15, 0.2) is 36.4 Å². The van der Waals surface area contributed by atoms with E-state index in [1.54, 1.807) is 25.1 Å². The molecule has 0 aliphatic heterocycles. The van der Waals surface area contributed by atoms with Crippen LogP contribution in [-0.4, -0.2) is 11.2 Å². The van der Waals surface area contributed by atoms with Crippen LogP contribution in [0.1, 0.15) is 15.9 Å². The molecule has 0 heterocycles. The van der Waals surface area contributed by atoms with Gasteiger partial charge in [-0.15, -0.1) is 0 Å². The third kappa shape index (κ3) is 2.95. The number of hydrogen-bond donors (Lipinski definition) is 0. The highest BCUT2D eigenvalue weighted by atomic mass is 35.5. The van der Waals surface area contributed by atoms with E-state index in [1.165, 1.54) is 18.2 Å². The first-order valence-corrected chi connectivity index (χ1v) is 6.06. The van der Waals surface area contributed by atoms with Gasteiger partial charge in [0.05, 0.1) is 16.0 Å². The first-order valence-electron chi connectivity index (χ1n) is 5.69. The minimum atomic E-state index is -0.524. The zero-order valence-corrected chi connectivity index (χ0v) is 11.3. The molecule has 0 aromatic heterocycles. The fourth-order valence-electron chi connectivity index (χ4n) is 1.65. The molecule has 5 nitrogen and oxygen atoms in total. The number of halogens is 1. The lowest BCUT2D eigenvalue weighted by Crippen LogP contribution is -1.92. The van der Waals surface area contributed by atoms with Crippen molar-refractivity contribution in [1.29, 1.82) is 0 Å². The van der Waals surface area contributed by atoms with Gasteiger partial charge in [0.2, 0.25) is 0 Å². The van der Waals surface area contributed by atoms with Crippen LogP contribution >= 0.6 is 11.6 Å². The zero-order chi connectivity index (χ0) is 14.7. The third-order valence-electron chi connectivity index (χ3n) is 2.72. The number of aldehydes is 1. The average molecular weight is 292 g/mol. The quantitative estimate of drug-likeness (QED) is 0.482. The second-order valence-electron chi connectivity index (χ2n) is 4.11. The number of nitro groups is 1. The van der Waals surface area contributed by atoms with Crippen molar-refractivity contribution >= 4 is 23.6 Å². The summed E-state index contributed by atoms with van der Waals surface area (Å²) in [5.41, 5.74) is 1.20. The van der Waals surface area contributed by atoms with E-state index in [-0.39, 0.29) is 16.5 Å². The number of carbonyl (C=O) groups excluding carboxylic acids is 1. The lowest BCUT2D eigenvalue weighted by molar-refractivity contribution is -0.384. The summed E-state index contributed by atoms with van der Waals surface area (Å²) in [6.45, 7) is 1.77. The van der Waals surface area contributed by atoms with Crippen molar-refractivity contribution in [2.24, 2.45) is 0 Å². The number of rotatable bonds is 4. The predicted molar refractivity (Wildman–Crippen MR) is 74.7 cm³/mol. The van der Waals surface area contributed by atoms with Gasteiger partial charge in [-0.2, -0.15) is 0 Å². The molecule has 20 heavy (non-hydrogen) atoms. The maximum atomic E-state index is 10.7. The van der Waals surface area contributed by atoms with Crippen LogP contribution in [0.3, 0.4) is 0 Å². The molecule has 0 radical (unpaired) electrons. The van der Waals surface area contributed by atoms with Crippen LogP contribution in [-0.2, 0) is 0 Å². The topological polar surface area (TPSA) is 69.4 Å². The maximum absolute atomic E-state index is 10.7. The van der Waals surface area contributed by atoms with Crippen LogP contribution in [0.4, 0.5) is 5.69 Å². The minimum Gasteiger partial charge on any atom is -0.456 e. The van der Waals surface area contributed by atoms with E-state index in [4.69, 9.17) is 16.3 Å². The van der Waals surface area contributed by atoms with Gasteiger partial charge in [-0.25, -0.2) is 0 Å². The molecule has 2 rings (SSSR count). The van der Waals surface area contributed by atoms with Crippen molar-refractivity contribution in [2.75, 3.05) is 0 Å². The Morgan fingerprint density at radius 1 is 1.25 bits per heavy atom. The second-order valence-corrected chi connectivity index (χ2v) is 4.52. The molecule has 2 aromatic carbocycles. The predicted octanol–water partition coefficient (Wildman–Crippen LogP) is 4.16. The molecule has 0 unspecified atom stereocenters. The van der Waals surface area contributed by atoms with Crippen LogP contribution in [0.25, 0.3) is 0 Å². The molecule has 0 saturated heterocycles. The summed E-state index contributed by atoms with van der Waals surface area (Å²) in [5, 5.41) is 11.0. The van der Waals surface area contributed by atoms with Crippen LogP contribution in [0.5, 0.6) is 11.5 Å². The number of carbonyl (C=O) groups is 1. The maximum Gasteiger partial charge on any atom is 0.273 e. The van der Waals surface area contributed by atoms with Crippen molar-refractivity contribution < 1.29 is 14.5 Å². The number of benzene rings is 2. The van der Waals surface area contributed by atoms with Gasteiger partial charge < -0.3 is 4.74 Å². The van der Waals surface area contributed by atoms with Gasteiger partial charge in [0.25, 0.3) is 5.69 Å². The Bertz CT molecular complexity index is 685. The normalized spacial score (nSPS) is 10.1. The Balaban J connectivity index is 2.34. The lowest BCUT2D eigenvalue weighted by atomic mass is 10.1. The van der Waals surface area contributed by atoms with E-state index in [1.807, 2.05) is 0 Å². The highest BCUT2D eigenvalue weighted by molar-refractivity contribution is 6.32. The lowest BCUT2D eigenvalue weighted by Gasteiger charge is -2.08. The summed E-state index contributed by atoms with van der Waals surface area (Å²) in [6, 6.07) is 8.84. The molecule has 0 spiro atoms. The van der Waals surface area contributed by atoms with E-state index in [0.29, 0.717) is 11.3 Å². The van der Waals surface area contributed by atoms with Gasteiger partial charge >= 0.3 is 0 Å². The molecule has 0 N–H and O–H groups in total. The Hall–Kier alpha value is -2.40. The number of nitro benzene ring substituents is 1. The first-order chi connectivity index (χ1) is 9.51. The molecular formula is C14H10ClNO4. The van der Waals surface area contributed by atoms with Crippen LogP contribution in [0, 0.1) is 17.0 Å². The molecule has 6 heteroatoms. The molecule has 0 atom stereocenters. The molecule has 0 bridgehead atoms. The number of nitrogens with zero attached hydrogens (tertiary/aromatic N) is 1. The van der Waals surface area contributed by atoms with Crippen molar-refractivity contribution in [3.05, 3.63) is 62.7 Å². The van der Waals surface area contributed by atoms with E-state index >= 15 is 0 Å². The molecule has 2 aromatic rings. The number of non-ortho nitro benzene ring substituents is 1. The van der Waals surface area contributed by atoms with Gasteiger partial charge in [0.1, 0.15) is 12.0 Å². The average Bonchev–Trinajstić information content (AvgIpc) is 2.41. The summed E-state index contributed by atoms with van der Waals surface area (Å²) in [5.74, 6) is 0.648. The summed E-state index contributed by atoms with van der Waals surface area (Å²) < 4.78 is 5.53. The number of ether oxygens (including phenoxy) is 1. The van der Waals surface area contributed by atoms with Gasteiger partial charge in [0, 0.05) is 11.6 Å². The molecule has 0 saturated carbocycles. The summed E-state index contributed by atoms with van der Waals surface area (Å²) >= 11 is 5.95. The highest BCUT2D eigenvalue weighted by Gasteiger charge is 2.12. The standard InChI is InChI=1S/C14H10ClNO4/c1-9-6-12(4-2-10(9)8-17)20-14-7-11(16(18)19)3-5-13(14)15/h2-8H,1H3.